The molecule has 7 heteroatoms. The minimum Gasteiger partial charge on any atom is -0.349 e. The van der Waals surface area contributed by atoms with Gasteiger partial charge in [0.2, 0.25) is 0 Å². The number of carbonyl (C=O) groups excluding carboxylic acids is 1. The molecule has 1 aliphatic rings. The van der Waals surface area contributed by atoms with Gasteiger partial charge in [-0.2, -0.15) is 5.26 Å². The molecule has 1 aromatic carbocycles. The molecule has 0 spiro atoms. The molecule has 3 rings (SSSR count). The van der Waals surface area contributed by atoms with Crippen molar-refractivity contribution in [2.45, 2.75) is 52.0 Å². The SMILES string of the molecule is Cc1cc(C=C(C#N)C(=O)NC2CCCCC2)c(C)n1-c1ccc([N+](=O)[O-])cc1. The van der Waals surface area contributed by atoms with Gasteiger partial charge < -0.3 is 9.88 Å². The zero-order valence-electron chi connectivity index (χ0n) is 16.6. The van der Waals surface area contributed by atoms with Crippen LogP contribution in [-0.2, 0) is 4.79 Å². The van der Waals surface area contributed by atoms with Crippen LogP contribution < -0.4 is 5.32 Å². The summed E-state index contributed by atoms with van der Waals surface area (Å²) >= 11 is 0. The first-order chi connectivity index (χ1) is 13.9. The summed E-state index contributed by atoms with van der Waals surface area (Å²) in [6.07, 6.45) is 6.93. The summed E-state index contributed by atoms with van der Waals surface area (Å²) in [6, 6.07) is 10.4. The summed E-state index contributed by atoms with van der Waals surface area (Å²) < 4.78 is 1.95. The molecule has 1 heterocycles. The highest BCUT2D eigenvalue weighted by Gasteiger charge is 2.19. The Morgan fingerprint density at radius 1 is 1.24 bits per heavy atom. The average molecular weight is 392 g/mol. The molecule has 0 atom stereocenters. The van der Waals surface area contributed by atoms with Gasteiger partial charge >= 0.3 is 0 Å². The number of rotatable bonds is 5. The maximum atomic E-state index is 12.5. The minimum atomic E-state index is -0.433. The largest absolute Gasteiger partial charge is 0.349 e. The van der Waals surface area contributed by atoms with Crippen molar-refractivity contribution in [3.8, 4) is 11.8 Å². The van der Waals surface area contributed by atoms with Crippen molar-refractivity contribution < 1.29 is 9.72 Å². The molecular formula is C22H24N4O3. The summed E-state index contributed by atoms with van der Waals surface area (Å²) in [7, 11) is 0. The van der Waals surface area contributed by atoms with E-state index in [-0.39, 0.29) is 23.2 Å². The lowest BCUT2D eigenvalue weighted by Crippen LogP contribution is -2.36. The quantitative estimate of drug-likeness (QED) is 0.353. The van der Waals surface area contributed by atoms with E-state index >= 15 is 0 Å². The van der Waals surface area contributed by atoms with E-state index in [1.54, 1.807) is 18.2 Å². The van der Waals surface area contributed by atoms with Crippen molar-refractivity contribution in [2.75, 3.05) is 0 Å². The van der Waals surface area contributed by atoms with Crippen LogP contribution in [-0.4, -0.2) is 21.4 Å². The van der Waals surface area contributed by atoms with Crippen LogP contribution in [0.15, 0.2) is 35.9 Å². The van der Waals surface area contributed by atoms with Crippen LogP contribution in [0, 0.1) is 35.3 Å². The molecule has 0 aliphatic heterocycles. The van der Waals surface area contributed by atoms with E-state index in [1.165, 1.54) is 18.6 Å². The minimum absolute atomic E-state index is 0.0301. The van der Waals surface area contributed by atoms with Crippen LogP contribution in [0.25, 0.3) is 11.8 Å². The molecule has 29 heavy (non-hydrogen) atoms. The Balaban J connectivity index is 1.86. The highest BCUT2D eigenvalue weighted by Crippen LogP contribution is 2.25. The Kier molecular flexibility index (Phi) is 6.13. The summed E-state index contributed by atoms with van der Waals surface area (Å²) in [5, 5.41) is 23.4. The fourth-order valence-electron chi connectivity index (χ4n) is 3.87. The van der Waals surface area contributed by atoms with Gasteiger partial charge in [0.15, 0.2) is 0 Å². The maximum absolute atomic E-state index is 12.5. The molecule has 1 aromatic heterocycles. The fraction of sp³-hybridized carbons (Fsp3) is 0.364. The first kappa shape index (κ1) is 20.3. The van der Waals surface area contributed by atoms with Gasteiger partial charge in [-0.25, -0.2) is 0 Å². The van der Waals surface area contributed by atoms with E-state index in [2.05, 4.69) is 5.32 Å². The Morgan fingerprint density at radius 2 is 1.90 bits per heavy atom. The Labute approximate surface area is 169 Å². The Bertz CT molecular complexity index is 990. The Hall–Kier alpha value is -3.40. The number of benzene rings is 1. The zero-order chi connectivity index (χ0) is 21.0. The predicted molar refractivity (Wildman–Crippen MR) is 111 cm³/mol. The third kappa shape index (κ3) is 4.54. The first-order valence-electron chi connectivity index (χ1n) is 9.77. The van der Waals surface area contributed by atoms with Gasteiger partial charge in [0, 0.05) is 35.2 Å². The topological polar surface area (TPSA) is 101 Å². The van der Waals surface area contributed by atoms with Crippen LogP contribution in [0.3, 0.4) is 0 Å². The van der Waals surface area contributed by atoms with E-state index < -0.39 is 4.92 Å². The van der Waals surface area contributed by atoms with Gasteiger partial charge in [-0.1, -0.05) is 19.3 Å². The van der Waals surface area contributed by atoms with Crippen LogP contribution in [0.2, 0.25) is 0 Å². The number of aryl methyl sites for hydroxylation is 1. The highest BCUT2D eigenvalue weighted by molar-refractivity contribution is 6.02. The molecule has 1 N–H and O–H groups in total. The number of nitrogens with zero attached hydrogens (tertiary/aromatic N) is 3. The predicted octanol–water partition coefficient (Wildman–Crippen LogP) is 4.36. The standard InChI is InChI=1S/C22H24N4O3/c1-15-12-17(13-18(14-23)22(27)24-19-6-4-3-5-7-19)16(2)25(15)20-8-10-21(11-9-20)26(28)29/h8-13,19H,3-7H2,1-2H3,(H,24,27). The van der Waals surface area contributed by atoms with E-state index in [9.17, 15) is 20.2 Å². The number of nitro groups is 1. The molecule has 1 amide bonds. The normalized spacial score (nSPS) is 15.0. The molecule has 1 saturated carbocycles. The molecule has 150 valence electrons. The van der Waals surface area contributed by atoms with E-state index in [0.717, 1.165) is 48.3 Å². The smallest absolute Gasteiger partial charge is 0.269 e. The molecule has 0 unspecified atom stereocenters. The van der Waals surface area contributed by atoms with Crippen molar-refractivity contribution >= 4 is 17.7 Å². The number of hydrogen-bond acceptors (Lipinski definition) is 4. The number of amides is 1. The average Bonchev–Trinajstić information content (AvgIpc) is 2.99. The highest BCUT2D eigenvalue weighted by atomic mass is 16.6. The van der Waals surface area contributed by atoms with Gasteiger partial charge in [0.1, 0.15) is 11.6 Å². The molecule has 1 fully saturated rings. The molecule has 7 nitrogen and oxygen atoms in total. The number of carbonyl (C=O) groups is 1. The van der Waals surface area contributed by atoms with Crippen molar-refractivity contribution in [3.63, 3.8) is 0 Å². The number of nitro benzene ring substituents is 1. The van der Waals surface area contributed by atoms with Gasteiger partial charge in [0.25, 0.3) is 11.6 Å². The Morgan fingerprint density at radius 3 is 2.48 bits per heavy atom. The summed E-state index contributed by atoms with van der Waals surface area (Å²) in [4.78, 5) is 23.0. The first-order valence-corrected chi connectivity index (χ1v) is 9.77. The molecule has 0 radical (unpaired) electrons. The summed E-state index contributed by atoms with van der Waals surface area (Å²) in [5.41, 5.74) is 3.44. The van der Waals surface area contributed by atoms with E-state index in [4.69, 9.17) is 0 Å². The zero-order valence-corrected chi connectivity index (χ0v) is 16.6. The number of aromatic nitrogens is 1. The van der Waals surface area contributed by atoms with Gasteiger partial charge in [0.05, 0.1) is 4.92 Å². The monoisotopic (exact) mass is 392 g/mol. The lowest BCUT2D eigenvalue weighted by atomic mass is 9.95. The molecule has 0 saturated heterocycles. The third-order valence-corrected chi connectivity index (χ3v) is 5.39. The number of nitrogens with one attached hydrogen (secondary N) is 1. The second-order valence-electron chi connectivity index (χ2n) is 7.41. The van der Waals surface area contributed by atoms with Gasteiger partial charge in [-0.3, -0.25) is 14.9 Å². The second kappa shape index (κ2) is 8.74. The molecule has 0 bridgehead atoms. The molecule has 1 aliphatic carbocycles. The summed E-state index contributed by atoms with van der Waals surface area (Å²) in [6.45, 7) is 3.81. The number of hydrogen-bond donors (Lipinski definition) is 1. The second-order valence-corrected chi connectivity index (χ2v) is 7.41. The van der Waals surface area contributed by atoms with Crippen molar-refractivity contribution in [2.24, 2.45) is 0 Å². The van der Waals surface area contributed by atoms with Gasteiger partial charge in [-0.05, 0) is 56.5 Å². The van der Waals surface area contributed by atoms with Gasteiger partial charge in [-0.15, -0.1) is 0 Å². The van der Waals surface area contributed by atoms with Crippen molar-refractivity contribution in [1.82, 2.24) is 9.88 Å². The van der Waals surface area contributed by atoms with Crippen LogP contribution in [0.4, 0.5) is 5.69 Å². The fourth-order valence-corrected chi connectivity index (χ4v) is 3.87. The van der Waals surface area contributed by atoms with E-state index in [1.807, 2.05) is 30.6 Å². The number of nitriles is 1. The van der Waals surface area contributed by atoms with Crippen LogP contribution in [0.5, 0.6) is 0 Å². The molecule has 2 aromatic rings. The lowest BCUT2D eigenvalue weighted by molar-refractivity contribution is -0.384. The third-order valence-electron chi connectivity index (χ3n) is 5.39. The van der Waals surface area contributed by atoms with Crippen LogP contribution in [0.1, 0.15) is 49.1 Å². The van der Waals surface area contributed by atoms with E-state index in [0.29, 0.717) is 0 Å². The summed E-state index contributed by atoms with van der Waals surface area (Å²) in [5.74, 6) is -0.334. The van der Waals surface area contributed by atoms with Crippen molar-refractivity contribution in [1.29, 1.82) is 5.26 Å². The van der Waals surface area contributed by atoms with Crippen molar-refractivity contribution in [3.05, 3.63) is 63.0 Å². The lowest BCUT2D eigenvalue weighted by Gasteiger charge is -2.22. The van der Waals surface area contributed by atoms with Crippen LogP contribution >= 0.6 is 0 Å². The number of non-ortho nitro benzene ring substituents is 1. The maximum Gasteiger partial charge on any atom is 0.269 e. The molecular weight excluding hydrogens is 368 g/mol.